The average molecular weight is 354 g/mol. The normalized spacial score (nSPS) is 13.6. The van der Waals surface area contributed by atoms with Gasteiger partial charge in [-0.1, -0.05) is 6.07 Å². The van der Waals surface area contributed by atoms with Crippen LogP contribution in [0.4, 0.5) is 17.6 Å². The lowest BCUT2D eigenvalue weighted by Gasteiger charge is -2.13. The van der Waals surface area contributed by atoms with Crippen molar-refractivity contribution in [3.05, 3.63) is 55.9 Å². The van der Waals surface area contributed by atoms with Gasteiger partial charge in [-0.05, 0) is 39.7 Å². The van der Waals surface area contributed by atoms with Crippen molar-refractivity contribution in [1.29, 1.82) is 0 Å². The maximum absolute atomic E-state index is 13.4. The van der Waals surface area contributed by atoms with E-state index in [2.05, 4.69) is 15.9 Å². The third-order valence-electron chi connectivity index (χ3n) is 2.55. The molecule has 0 amide bonds. The van der Waals surface area contributed by atoms with Crippen LogP contribution in [0.2, 0.25) is 0 Å². The fourth-order valence-electron chi connectivity index (χ4n) is 1.61. The lowest BCUT2D eigenvalue weighted by atomic mass is 10.0. The van der Waals surface area contributed by atoms with E-state index in [0.717, 1.165) is 15.4 Å². The van der Waals surface area contributed by atoms with Crippen molar-refractivity contribution in [2.24, 2.45) is 5.73 Å². The summed E-state index contributed by atoms with van der Waals surface area (Å²) in [6.07, 6.45) is -4.70. The largest absolute Gasteiger partial charge is 0.419 e. The molecule has 0 fully saturated rings. The topological polar surface area (TPSA) is 26.0 Å². The highest BCUT2D eigenvalue weighted by molar-refractivity contribution is 9.10. The van der Waals surface area contributed by atoms with Gasteiger partial charge in [0.1, 0.15) is 5.82 Å². The highest BCUT2D eigenvalue weighted by Gasteiger charge is 2.34. The van der Waals surface area contributed by atoms with Crippen LogP contribution in [0.3, 0.4) is 0 Å². The Bertz CT molecular complexity index is 594. The van der Waals surface area contributed by atoms with Gasteiger partial charge in [0, 0.05) is 14.7 Å². The Morgan fingerprint density at radius 2 is 1.89 bits per heavy atom. The second-order valence-electron chi connectivity index (χ2n) is 3.88. The summed E-state index contributed by atoms with van der Waals surface area (Å²) in [7, 11) is 0. The van der Waals surface area contributed by atoms with E-state index in [-0.39, 0.29) is 0 Å². The quantitative estimate of drug-likeness (QED) is 0.777. The molecule has 2 N–H and O–H groups in total. The first-order valence-corrected chi connectivity index (χ1v) is 6.82. The van der Waals surface area contributed by atoms with E-state index in [4.69, 9.17) is 5.73 Å². The Morgan fingerprint density at radius 3 is 2.37 bits per heavy atom. The molecule has 0 aliphatic carbocycles. The molecular weight excluding hydrogens is 346 g/mol. The Kier molecular flexibility index (Phi) is 3.98. The fourth-order valence-corrected chi connectivity index (χ4v) is 3.08. The van der Waals surface area contributed by atoms with Gasteiger partial charge in [-0.2, -0.15) is 13.2 Å². The van der Waals surface area contributed by atoms with E-state index in [9.17, 15) is 17.6 Å². The smallest absolute Gasteiger partial charge is 0.320 e. The summed E-state index contributed by atoms with van der Waals surface area (Å²) in [6, 6.07) is 3.86. The Balaban J connectivity index is 2.35. The molecule has 0 saturated heterocycles. The zero-order chi connectivity index (χ0) is 14.2. The van der Waals surface area contributed by atoms with E-state index in [1.165, 1.54) is 17.4 Å². The average Bonchev–Trinajstić information content (AvgIpc) is 2.73. The molecule has 1 aromatic heterocycles. The van der Waals surface area contributed by atoms with Crippen molar-refractivity contribution >= 4 is 27.3 Å². The maximum Gasteiger partial charge on any atom is 0.419 e. The summed E-state index contributed by atoms with van der Waals surface area (Å²) in [5.41, 5.74) is 4.92. The number of hydrogen-bond acceptors (Lipinski definition) is 2. The zero-order valence-corrected chi connectivity index (χ0v) is 11.7. The summed E-state index contributed by atoms with van der Waals surface area (Å²) < 4.78 is 51.6. The highest BCUT2D eigenvalue weighted by Crippen LogP contribution is 2.34. The number of benzene rings is 1. The monoisotopic (exact) mass is 353 g/mol. The lowest BCUT2D eigenvalue weighted by molar-refractivity contribution is -0.140. The molecule has 1 aromatic carbocycles. The van der Waals surface area contributed by atoms with Crippen LogP contribution in [0.1, 0.15) is 22.0 Å². The van der Waals surface area contributed by atoms with E-state index in [1.54, 1.807) is 11.4 Å². The second kappa shape index (κ2) is 5.22. The number of nitrogens with two attached hydrogens (primary N) is 1. The minimum atomic E-state index is -4.70. The second-order valence-corrected chi connectivity index (χ2v) is 5.74. The van der Waals surface area contributed by atoms with Crippen molar-refractivity contribution in [1.82, 2.24) is 0 Å². The van der Waals surface area contributed by atoms with Crippen LogP contribution in [-0.2, 0) is 6.18 Å². The minimum Gasteiger partial charge on any atom is -0.320 e. The molecule has 0 bridgehead atoms. The third-order valence-corrected chi connectivity index (χ3v) is 4.33. The van der Waals surface area contributed by atoms with Crippen LogP contribution in [0.15, 0.2) is 34.1 Å². The first kappa shape index (κ1) is 14.5. The summed E-state index contributed by atoms with van der Waals surface area (Å²) in [4.78, 5) is 0.742. The van der Waals surface area contributed by atoms with Crippen molar-refractivity contribution in [3.8, 4) is 0 Å². The molecule has 7 heteroatoms. The van der Waals surface area contributed by atoms with E-state index >= 15 is 0 Å². The first-order valence-electron chi connectivity index (χ1n) is 5.15. The first-order chi connectivity index (χ1) is 8.79. The predicted molar refractivity (Wildman–Crippen MR) is 69.5 cm³/mol. The van der Waals surface area contributed by atoms with Crippen molar-refractivity contribution < 1.29 is 17.6 Å². The molecule has 0 aliphatic rings. The van der Waals surface area contributed by atoms with Gasteiger partial charge in [0.15, 0.2) is 0 Å². The molecule has 0 saturated carbocycles. The number of alkyl halides is 3. The molecule has 0 radical (unpaired) electrons. The summed E-state index contributed by atoms with van der Waals surface area (Å²) in [5, 5.41) is 1.80. The number of rotatable bonds is 2. The van der Waals surface area contributed by atoms with Gasteiger partial charge < -0.3 is 5.73 Å². The van der Waals surface area contributed by atoms with Crippen LogP contribution >= 0.6 is 27.3 Å². The molecular formula is C12H8BrF4NS. The van der Waals surface area contributed by atoms with Gasteiger partial charge >= 0.3 is 6.18 Å². The zero-order valence-electron chi connectivity index (χ0n) is 9.34. The molecule has 2 rings (SSSR count). The van der Waals surface area contributed by atoms with Crippen LogP contribution in [0.5, 0.6) is 0 Å². The van der Waals surface area contributed by atoms with Gasteiger partial charge in [0.05, 0.1) is 11.6 Å². The van der Waals surface area contributed by atoms with Crippen LogP contribution in [-0.4, -0.2) is 0 Å². The number of thiophene rings is 1. The van der Waals surface area contributed by atoms with E-state index in [1.807, 2.05) is 0 Å². The Morgan fingerprint density at radius 1 is 1.21 bits per heavy atom. The molecule has 1 nitrogen and oxygen atoms in total. The van der Waals surface area contributed by atoms with Crippen LogP contribution in [0.25, 0.3) is 0 Å². The molecule has 2 aromatic rings. The summed E-state index contributed by atoms with van der Waals surface area (Å²) in [6.45, 7) is 0. The van der Waals surface area contributed by atoms with E-state index in [0.29, 0.717) is 11.6 Å². The van der Waals surface area contributed by atoms with Crippen LogP contribution < -0.4 is 5.73 Å². The molecule has 1 atom stereocenters. The van der Waals surface area contributed by atoms with Crippen molar-refractivity contribution in [3.63, 3.8) is 0 Å². The molecule has 0 aliphatic heterocycles. The lowest BCUT2D eigenvalue weighted by Crippen LogP contribution is -2.13. The Hall–Kier alpha value is -0.920. The van der Waals surface area contributed by atoms with E-state index < -0.39 is 23.6 Å². The SMILES string of the molecule is NC(c1ccc(C(F)(F)F)c(F)c1)c1cc(Br)cs1. The standard InChI is InChI=1S/C12H8BrF4NS/c13-7-4-10(19-5-7)11(18)6-1-2-8(9(14)3-6)12(15,16)17/h1-5,11H,18H2. The summed E-state index contributed by atoms with van der Waals surface area (Å²) in [5.74, 6) is -1.31. The maximum atomic E-state index is 13.4. The number of hydrogen-bond donors (Lipinski definition) is 1. The fraction of sp³-hybridized carbons (Fsp3) is 0.167. The minimum absolute atomic E-state index is 0.305. The molecule has 102 valence electrons. The van der Waals surface area contributed by atoms with Crippen molar-refractivity contribution in [2.75, 3.05) is 0 Å². The van der Waals surface area contributed by atoms with Crippen molar-refractivity contribution in [2.45, 2.75) is 12.2 Å². The predicted octanol–water partition coefficient (Wildman–Crippen LogP) is 4.72. The van der Waals surface area contributed by atoms with Gasteiger partial charge in [0.25, 0.3) is 0 Å². The Labute approximate surface area is 119 Å². The van der Waals surface area contributed by atoms with Gasteiger partial charge in [-0.3, -0.25) is 0 Å². The van der Waals surface area contributed by atoms with Gasteiger partial charge in [-0.25, -0.2) is 4.39 Å². The highest BCUT2D eigenvalue weighted by atomic mass is 79.9. The molecule has 1 unspecified atom stereocenters. The molecule has 0 spiro atoms. The molecule has 19 heavy (non-hydrogen) atoms. The third kappa shape index (κ3) is 3.16. The van der Waals surface area contributed by atoms with Gasteiger partial charge in [-0.15, -0.1) is 11.3 Å². The number of halogens is 5. The summed E-state index contributed by atoms with van der Waals surface area (Å²) >= 11 is 4.61. The van der Waals surface area contributed by atoms with Gasteiger partial charge in [0.2, 0.25) is 0 Å². The van der Waals surface area contributed by atoms with Crippen LogP contribution in [0, 0.1) is 5.82 Å². The molecule has 1 heterocycles.